The largest absolute Gasteiger partial charge is 0.459 e. The first-order valence-corrected chi connectivity index (χ1v) is 9.86. The van der Waals surface area contributed by atoms with Crippen LogP contribution in [0.5, 0.6) is 0 Å². The van der Waals surface area contributed by atoms with E-state index in [-0.39, 0.29) is 25.2 Å². The van der Waals surface area contributed by atoms with Gasteiger partial charge in [-0.3, -0.25) is 18.7 Å². The third-order valence-electron chi connectivity index (χ3n) is 4.98. The number of hydrogen-bond acceptors (Lipinski definition) is 5. The molecule has 0 aliphatic heterocycles. The molecule has 2 aromatic heterocycles. The third-order valence-corrected chi connectivity index (χ3v) is 4.98. The lowest BCUT2D eigenvalue weighted by Gasteiger charge is -2.13. The molecular weight excluding hydrogens is 394 g/mol. The molecule has 0 N–H and O–H groups in total. The number of esters is 1. The smallest absolute Gasteiger partial charge is 0.332 e. The van der Waals surface area contributed by atoms with Crippen LogP contribution in [0.15, 0.2) is 82.5 Å². The summed E-state index contributed by atoms with van der Waals surface area (Å²) in [5, 5.41) is 0. The highest BCUT2D eigenvalue weighted by Crippen LogP contribution is 2.08. The molecule has 0 saturated carbocycles. The molecule has 31 heavy (non-hydrogen) atoms. The molecule has 4 rings (SSSR count). The number of aryl methyl sites for hydroxylation is 1. The number of hydrogen-bond donors (Lipinski definition) is 0. The van der Waals surface area contributed by atoms with Gasteiger partial charge < -0.3 is 4.74 Å². The van der Waals surface area contributed by atoms with Crippen molar-refractivity contribution < 1.29 is 9.53 Å². The lowest BCUT2D eigenvalue weighted by Crippen LogP contribution is -2.41. The minimum atomic E-state index is -0.581. The lowest BCUT2D eigenvalue weighted by atomic mass is 10.1. The van der Waals surface area contributed by atoms with Crippen molar-refractivity contribution in [3.05, 3.63) is 110 Å². The number of nitrogens with zero attached hydrogens (tertiary/aromatic N) is 3. The van der Waals surface area contributed by atoms with E-state index in [9.17, 15) is 14.4 Å². The molecule has 0 amide bonds. The zero-order valence-corrected chi connectivity index (χ0v) is 17.0. The molecule has 0 radical (unpaired) electrons. The van der Waals surface area contributed by atoms with Crippen LogP contribution < -0.4 is 11.2 Å². The number of carbonyl (C=O) groups is 1. The van der Waals surface area contributed by atoms with Crippen LogP contribution in [-0.2, 0) is 29.2 Å². The van der Waals surface area contributed by atoms with E-state index in [2.05, 4.69) is 4.98 Å². The van der Waals surface area contributed by atoms with E-state index in [1.54, 1.807) is 12.1 Å². The topological polar surface area (TPSA) is 83.2 Å². The van der Waals surface area contributed by atoms with Crippen LogP contribution in [0.3, 0.4) is 0 Å². The van der Waals surface area contributed by atoms with Crippen molar-refractivity contribution in [1.82, 2.24) is 14.1 Å². The van der Waals surface area contributed by atoms with Crippen LogP contribution in [0.4, 0.5) is 0 Å². The maximum atomic E-state index is 13.2. The number of rotatable bonds is 6. The standard InChI is InChI=1S/C24H21N3O4/c1-17-9-11-18(12-10-17)14-27-23(29)22-20(8-5-13-25-22)26(24(27)30)15-21(28)31-16-19-6-3-2-4-7-19/h2-13H,14-16H2,1H3. The van der Waals surface area contributed by atoms with Crippen molar-refractivity contribution in [2.24, 2.45) is 0 Å². The highest BCUT2D eigenvalue weighted by atomic mass is 16.5. The first-order chi connectivity index (χ1) is 15.0. The third kappa shape index (κ3) is 4.45. The van der Waals surface area contributed by atoms with Gasteiger partial charge in [0.2, 0.25) is 0 Å². The summed E-state index contributed by atoms with van der Waals surface area (Å²) in [6, 6.07) is 20.1. The highest BCUT2D eigenvalue weighted by Gasteiger charge is 2.17. The van der Waals surface area contributed by atoms with Gasteiger partial charge in [-0.25, -0.2) is 9.78 Å². The molecular formula is C24H21N3O4. The Morgan fingerprint density at radius 3 is 2.39 bits per heavy atom. The second-order valence-corrected chi connectivity index (χ2v) is 7.26. The van der Waals surface area contributed by atoms with E-state index in [0.29, 0.717) is 5.52 Å². The van der Waals surface area contributed by atoms with Crippen molar-refractivity contribution in [3.63, 3.8) is 0 Å². The van der Waals surface area contributed by atoms with Crippen LogP contribution >= 0.6 is 0 Å². The van der Waals surface area contributed by atoms with E-state index in [4.69, 9.17) is 4.74 Å². The fraction of sp³-hybridized carbons (Fsp3) is 0.167. The minimum absolute atomic E-state index is 0.0868. The molecule has 2 aromatic carbocycles. The normalized spacial score (nSPS) is 10.9. The maximum absolute atomic E-state index is 13.2. The van der Waals surface area contributed by atoms with Gasteiger partial charge in [0, 0.05) is 6.20 Å². The van der Waals surface area contributed by atoms with Gasteiger partial charge in [-0.15, -0.1) is 0 Å². The van der Waals surface area contributed by atoms with E-state index >= 15 is 0 Å². The molecule has 4 aromatic rings. The van der Waals surface area contributed by atoms with Gasteiger partial charge in [-0.2, -0.15) is 0 Å². The minimum Gasteiger partial charge on any atom is -0.459 e. The fourth-order valence-electron chi connectivity index (χ4n) is 3.32. The van der Waals surface area contributed by atoms with Crippen molar-refractivity contribution in [1.29, 1.82) is 0 Å². The predicted octanol–water partition coefficient (Wildman–Crippen LogP) is 2.66. The average Bonchev–Trinajstić information content (AvgIpc) is 2.80. The molecule has 0 unspecified atom stereocenters. The van der Waals surface area contributed by atoms with Crippen LogP contribution in [0.25, 0.3) is 11.0 Å². The van der Waals surface area contributed by atoms with Gasteiger partial charge in [0.25, 0.3) is 5.56 Å². The summed E-state index contributed by atoms with van der Waals surface area (Å²) in [5.41, 5.74) is 2.09. The Bertz CT molecular complexity index is 1340. The average molecular weight is 415 g/mol. The molecule has 7 nitrogen and oxygen atoms in total. The maximum Gasteiger partial charge on any atom is 0.332 e. The second-order valence-electron chi connectivity index (χ2n) is 7.26. The monoisotopic (exact) mass is 415 g/mol. The molecule has 7 heteroatoms. The Morgan fingerprint density at radius 1 is 0.903 bits per heavy atom. The van der Waals surface area contributed by atoms with Crippen LogP contribution in [0.1, 0.15) is 16.7 Å². The quantitative estimate of drug-likeness (QED) is 0.452. The van der Waals surface area contributed by atoms with E-state index in [1.165, 1.54) is 10.8 Å². The fourth-order valence-corrected chi connectivity index (χ4v) is 3.32. The Balaban J connectivity index is 1.68. The number of ether oxygens (including phenoxy) is 1. The number of aromatic nitrogens is 3. The number of fused-ring (bicyclic) bond motifs is 1. The Hall–Kier alpha value is -4.00. The number of benzene rings is 2. The van der Waals surface area contributed by atoms with Crippen molar-refractivity contribution >= 4 is 17.0 Å². The summed E-state index contributed by atoms with van der Waals surface area (Å²) >= 11 is 0. The summed E-state index contributed by atoms with van der Waals surface area (Å²) in [4.78, 5) is 42.8. The summed E-state index contributed by atoms with van der Waals surface area (Å²) in [7, 11) is 0. The van der Waals surface area contributed by atoms with E-state index in [0.717, 1.165) is 21.3 Å². The van der Waals surface area contributed by atoms with Gasteiger partial charge >= 0.3 is 11.7 Å². The predicted molar refractivity (Wildman–Crippen MR) is 117 cm³/mol. The van der Waals surface area contributed by atoms with Crippen LogP contribution in [0, 0.1) is 6.92 Å². The van der Waals surface area contributed by atoms with Crippen molar-refractivity contribution in [3.8, 4) is 0 Å². The van der Waals surface area contributed by atoms with Crippen molar-refractivity contribution in [2.45, 2.75) is 26.6 Å². The molecule has 0 bridgehead atoms. The molecule has 0 fully saturated rings. The molecule has 0 aliphatic rings. The van der Waals surface area contributed by atoms with Gasteiger partial charge in [-0.1, -0.05) is 60.2 Å². The number of carbonyl (C=O) groups excluding carboxylic acids is 1. The molecule has 156 valence electrons. The lowest BCUT2D eigenvalue weighted by molar-refractivity contribution is -0.145. The summed E-state index contributed by atoms with van der Waals surface area (Å²) in [6.45, 7) is 1.84. The van der Waals surface area contributed by atoms with Crippen LogP contribution in [-0.4, -0.2) is 20.1 Å². The van der Waals surface area contributed by atoms with Gasteiger partial charge in [0.15, 0.2) is 5.52 Å². The van der Waals surface area contributed by atoms with Gasteiger partial charge in [0.05, 0.1) is 12.1 Å². The Morgan fingerprint density at radius 2 is 1.65 bits per heavy atom. The highest BCUT2D eigenvalue weighted by molar-refractivity contribution is 5.76. The molecule has 0 spiro atoms. The molecule has 0 atom stereocenters. The zero-order chi connectivity index (χ0) is 21.8. The van der Waals surface area contributed by atoms with Crippen molar-refractivity contribution in [2.75, 3.05) is 0 Å². The summed E-state index contributed by atoms with van der Waals surface area (Å²) in [6.07, 6.45) is 1.49. The second kappa shape index (κ2) is 8.79. The summed E-state index contributed by atoms with van der Waals surface area (Å²) in [5.74, 6) is -0.573. The molecule has 0 aliphatic carbocycles. The molecule has 0 saturated heterocycles. The van der Waals surface area contributed by atoms with E-state index < -0.39 is 17.2 Å². The SMILES string of the molecule is Cc1ccc(Cn2c(=O)c3ncccc3n(CC(=O)OCc3ccccc3)c2=O)cc1. The van der Waals surface area contributed by atoms with Gasteiger partial charge in [0.1, 0.15) is 13.2 Å². The Labute approximate surface area is 178 Å². The zero-order valence-electron chi connectivity index (χ0n) is 17.0. The van der Waals surface area contributed by atoms with E-state index in [1.807, 2.05) is 61.5 Å². The first-order valence-electron chi connectivity index (χ1n) is 9.86. The number of pyridine rings is 1. The van der Waals surface area contributed by atoms with Crippen LogP contribution in [0.2, 0.25) is 0 Å². The summed E-state index contributed by atoms with van der Waals surface area (Å²) < 4.78 is 7.67. The first kappa shape index (κ1) is 20.3. The Kier molecular flexibility index (Phi) is 5.75. The van der Waals surface area contributed by atoms with Gasteiger partial charge in [-0.05, 0) is 30.2 Å². The molecule has 2 heterocycles.